The Morgan fingerprint density at radius 2 is 1.92 bits per heavy atom. The topological polar surface area (TPSA) is 67.9 Å². The SMILES string of the molecule is C[C@@H]1CCCCN1c1ccc(-c2nc(-c3ccc(F)cc3)no2)nn1. The van der Waals surface area contributed by atoms with E-state index in [2.05, 4.69) is 32.2 Å². The van der Waals surface area contributed by atoms with Crippen LogP contribution in [-0.2, 0) is 0 Å². The Bertz CT molecular complexity index is 847. The lowest BCUT2D eigenvalue weighted by Gasteiger charge is -2.33. The molecule has 0 saturated carbocycles. The standard InChI is InChI=1S/C18H18FN5O/c1-12-4-2-3-11-24(12)16-10-9-15(21-22-16)18-20-17(23-25-18)13-5-7-14(19)8-6-13/h5-10,12H,2-4,11H2,1H3/t12-/m1/s1. The van der Waals surface area contributed by atoms with Gasteiger partial charge in [0.15, 0.2) is 11.5 Å². The first-order valence-electron chi connectivity index (χ1n) is 8.41. The van der Waals surface area contributed by atoms with Gasteiger partial charge in [-0.3, -0.25) is 0 Å². The smallest absolute Gasteiger partial charge is 0.278 e. The van der Waals surface area contributed by atoms with Crippen molar-refractivity contribution in [1.82, 2.24) is 20.3 Å². The van der Waals surface area contributed by atoms with Gasteiger partial charge < -0.3 is 9.42 Å². The zero-order chi connectivity index (χ0) is 17.2. The zero-order valence-electron chi connectivity index (χ0n) is 13.9. The van der Waals surface area contributed by atoms with Gasteiger partial charge in [0.25, 0.3) is 5.89 Å². The highest BCUT2D eigenvalue weighted by Crippen LogP contribution is 2.25. The molecule has 2 aromatic heterocycles. The van der Waals surface area contributed by atoms with Crippen molar-refractivity contribution in [1.29, 1.82) is 0 Å². The lowest BCUT2D eigenvalue weighted by atomic mass is 10.0. The Balaban J connectivity index is 1.55. The number of anilines is 1. The molecule has 0 spiro atoms. The predicted octanol–water partition coefficient (Wildman–Crippen LogP) is 3.71. The lowest BCUT2D eigenvalue weighted by molar-refractivity contribution is 0.430. The molecule has 1 saturated heterocycles. The maximum Gasteiger partial charge on any atom is 0.278 e. The van der Waals surface area contributed by atoms with E-state index in [1.807, 2.05) is 12.1 Å². The first kappa shape index (κ1) is 15.7. The highest BCUT2D eigenvalue weighted by Gasteiger charge is 2.20. The Kier molecular flexibility index (Phi) is 4.13. The molecule has 6 nitrogen and oxygen atoms in total. The van der Waals surface area contributed by atoms with Crippen LogP contribution in [0, 0.1) is 5.82 Å². The van der Waals surface area contributed by atoms with Crippen LogP contribution in [0.4, 0.5) is 10.2 Å². The number of rotatable bonds is 3. The molecule has 4 rings (SSSR count). The Labute approximate surface area is 144 Å². The summed E-state index contributed by atoms with van der Waals surface area (Å²) in [7, 11) is 0. The second-order valence-corrected chi connectivity index (χ2v) is 6.25. The quantitative estimate of drug-likeness (QED) is 0.724. The molecule has 25 heavy (non-hydrogen) atoms. The number of hydrogen-bond donors (Lipinski definition) is 0. The van der Waals surface area contributed by atoms with Gasteiger partial charge in [-0.05, 0) is 62.6 Å². The second kappa shape index (κ2) is 6.58. The van der Waals surface area contributed by atoms with Gasteiger partial charge in [-0.15, -0.1) is 10.2 Å². The van der Waals surface area contributed by atoms with Gasteiger partial charge in [-0.1, -0.05) is 5.16 Å². The van der Waals surface area contributed by atoms with E-state index in [9.17, 15) is 4.39 Å². The van der Waals surface area contributed by atoms with Crippen molar-refractivity contribution >= 4 is 5.82 Å². The minimum absolute atomic E-state index is 0.296. The van der Waals surface area contributed by atoms with Crippen molar-refractivity contribution in [3.8, 4) is 23.0 Å². The van der Waals surface area contributed by atoms with Crippen molar-refractivity contribution in [3.63, 3.8) is 0 Å². The van der Waals surface area contributed by atoms with Crippen LogP contribution in [0.5, 0.6) is 0 Å². The third-order valence-electron chi connectivity index (χ3n) is 4.50. The molecule has 0 amide bonds. The number of hydrogen-bond acceptors (Lipinski definition) is 6. The third kappa shape index (κ3) is 3.22. The average molecular weight is 339 g/mol. The molecule has 3 heterocycles. The summed E-state index contributed by atoms with van der Waals surface area (Å²) in [5.41, 5.74) is 1.21. The van der Waals surface area contributed by atoms with E-state index in [1.165, 1.54) is 31.4 Å². The van der Waals surface area contributed by atoms with Gasteiger partial charge in [0.2, 0.25) is 5.82 Å². The highest BCUT2D eigenvalue weighted by atomic mass is 19.1. The Morgan fingerprint density at radius 3 is 2.64 bits per heavy atom. The molecular weight excluding hydrogens is 321 g/mol. The van der Waals surface area contributed by atoms with Crippen molar-refractivity contribution in [3.05, 3.63) is 42.2 Å². The fourth-order valence-corrected chi connectivity index (χ4v) is 3.07. The van der Waals surface area contributed by atoms with E-state index >= 15 is 0 Å². The molecule has 0 bridgehead atoms. The van der Waals surface area contributed by atoms with E-state index in [1.54, 1.807) is 12.1 Å². The summed E-state index contributed by atoms with van der Waals surface area (Å²) < 4.78 is 18.3. The molecule has 0 unspecified atom stereocenters. The Morgan fingerprint density at radius 1 is 1.08 bits per heavy atom. The molecule has 128 valence electrons. The summed E-state index contributed by atoms with van der Waals surface area (Å²) in [6.07, 6.45) is 3.61. The van der Waals surface area contributed by atoms with E-state index in [0.717, 1.165) is 12.4 Å². The summed E-state index contributed by atoms with van der Waals surface area (Å²) in [4.78, 5) is 6.60. The Hall–Kier alpha value is -2.83. The van der Waals surface area contributed by atoms with E-state index in [0.29, 0.717) is 29.0 Å². The molecule has 1 aromatic carbocycles. The maximum atomic E-state index is 13.0. The fraction of sp³-hybridized carbons (Fsp3) is 0.333. The molecule has 1 atom stereocenters. The molecule has 1 fully saturated rings. The van der Waals surface area contributed by atoms with Gasteiger partial charge >= 0.3 is 0 Å². The number of halogens is 1. The molecule has 1 aliphatic heterocycles. The number of aromatic nitrogens is 4. The van der Waals surface area contributed by atoms with E-state index in [-0.39, 0.29) is 5.82 Å². The number of piperidine rings is 1. The molecule has 0 aliphatic carbocycles. The van der Waals surface area contributed by atoms with Gasteiger partial charge in [-0.2, -0.15) is 4.98 Å². The second-order valence-electron chi connectivity index (χ2n) is 6.25. The normalized spacial score (nSPS) is 17.7. The van der Waals surface area contributed by atoms with Crippen LogP contribution in [-0.4, -0.2) is 32.9 Å². The zero-order valence-corrected chi connectivity index (χ0v) is 13.9. The number of nitrogens with zero attached hydrogens (tertiary/aromatic N) is 5. The minimum atomic E-state index is -0.305. The van der Waals surface area contributed by atoms with Crippen LogP contribution in [0.1, 0.15) is 26.2 Å². The van der Waals surface area contributed by atoms with Crippen LogP contribution < -0.4 is 4.90 Å². The fourth-order valence-electron chi connectivity index (χ4n) is 3.07. The predicted molar refractivity (Wildman–Crippen MR) is 91.4 cm³/mol. The monoisotopic (exact) mass is 339 g/mol. The van der Waals surface area contributed by atoms with Crippen LogP contribution in [0.15, 0.2) is 40.9 Å². The van der Waals surface area contributed by atoms with E-state index < -0.39 is 0 Å². The summed E-state index contributed by atoms with van der Waals surface area (Å²) >= 11 is 0. The highest BCUT2D eigenvalue weighted by molar-refractivity contribution is 5.58. The average Bonchev–Trinajstić information content (AvgIpc) is 3.13. The molecule has 7 heteroatoms. The van der Waals surface area contributed by atoms with Crippen molar-refractivity contribution in [2.75, 3.05) is 11.4 Å². The third-order valence-corrected chi connectivity index (χ3v) is 4.50. The van der Waals surface area contributed by atoms with Crippen molar-refractivity contribution in [2.24, 2.45) is 0 Å². The van der Waals surface area contributed by atoms with Crippen molar-refractivity contribution in [2.45, 2.75) is 32.2 Å². The number of benzene rings is 1. The largest absolute Gasteiger partial charge is 0.352 e. The van der Waals surface area contributed by atoms with Crippen LogP contribution in [0.25, 0.3) is 23.0 Å². The van der Waals surface area contributed by atoms with Crippen LogP contribution in [0.3, 0.4) is 0 Å². The molecule has 3 aromatic rings. The van der Waals surface area contributed by atoms with Gasteiger partial charge in [0.05, 0.1) is 0 Å². The molecular formula is C18H18FN5O. The van der Waals surface area contributed by atoms with Gasteiger partial charge in [-0.25, -0.2) is 4.39 Å². The van der Waals surface area contributed by atoms with Gasteiger partial charge in [0.1, 0.15) is 5.82 Å². The molecule has 0 radical (unpaired) electrons. The summed E-state index contributed by atoms with van der Waals surface area (Å²) in [5, 5.41) is 12.5. The first-order chi connectivity index (χ1) is 12.2. The minimum Gasteiger partial charge on any atom is -0.352 e. The van der Waals surface area contributed by atoms with Crippen LogP contribution in [0.2, 0.25) is 0 Å². The van der Waals surface area contributed by atoms with E-state index in [4.69, 9.17) is 4.52 Å². The summed E-state index contributed by atoms with van der Waals surface area (Å²) in [6.45, 7) is 3.21. The molecule has 1 aliphatic rings. The van der Waals surface area contributed by atoms with Crippen LogP contribution >= 0.6 is 0 Å². The first-order valence-corrected chi connectivity index (χ1v) is 8.41. The lowest BCUT2D eigenvalue weighted by Crippen LogP contribution is -2.38. The van der Waals surface area contributed by atoms with Crippen molar-refractivity contribution < 1.29 is 8.91 Å². The maximum absolute atomic E-state index is 13.0. The molecule has 0 N–H and O–H groups in total. The van der Waals surface area contributed by atoms with Gasteiger partial charge in [0, 0.05) is 18.2 Å². The summed E-state index contributed by atoms with van der Waals surface area (Å²) in [5.74, 6) is 1.26. The summed E-state index contributed by atoms with van der Waals surface area (Å²) in [6, 6.07) is 10.2.